The highest BCUT2D eigenvalue weighted by molar-refractivity contribution is 5.90. The van der Waals surface area contributed by atoms with E-state index in [9.17, 15) is 9.59 Å². The Kier molecular flexibility index (Phi) is 7.55. The van der Waals surface area contributed by atoms with E-state index in [1.54, 1.807) is 39.3 Å². The van der Waals surface area contributed by atoms with Gasteiger partial charge in [-0.1, -0.05) is 6.42 Å². The number of ether oxygens (including phenoxy) is 3. The summed E-state index contributed by atoms with van der Waals surface area (Å²) in [5, 5.41) is 0. The number of hydrogen-bond donors (Lipinski definition) is 0. The van der Waals surface area contributed by atoms with Gasteiger partial charge in [0.25, 0.3) is 0 Å². The van der Waals surface area contributed by atoms with Crippen LogP contribution in [-0.2, 0) is 9.59 Å². The Morgan fingerprint density at radius 3 is 2.47 bits per heavy atom. The smallest absolute Gasteiger partial charge is 0.228 e. The van der Waals surface area contributed by atoms with Crippen LogP contribution >= 0.6 is 0 Å². The quantitative estimate of drug-likeness (QED) is 0.606. The lowest BCUT2D eigenvalue weighted by molar-refractivity contribution is -0.136. The Balaban J connectivity index is 1.58. The molecule has 0 unspecified atom stereocenters. The van der Waals surface area contributed by atoms with Crippen LogP contribution in [0.4, 0.5) is 0 Å². The molecule has 3 fully saturated rings. The predicted molar refractivity (Wildman–Crippen MR) is 129 cm³/mol. The molecule has 0 N–H and O–H groups in total. The summed E-state index contributed by atoms with van der Waals surface area (Å²) in [5.41, 5.74) is 0.761. The standard InChI is InChI=1S/C26H39N3O5/c1-27(16-17-9-8-14-29-13-7-6-10-20(17)29)26(31)19-15-22(30)28(2)23(19)18-11-12-21(32-3)25(34-5)24(18)33-4/h11-12,17,19-20,23H,6-10,13-16H2,1-5H3/t17-,19-,20+,23+/m0/s1. The molecule has 4 rings (SSSR count). The van der Waals surface area contributed by atoms with Crippen molar-refractivity contribution in [2.45, 2.75) is 50.6 Å². The molecular weight excluding hydrogens is 434 g/mol. The molecule has 2 amide bonds. The second-order valence-corrected chi connectivity index (χ2v) is 9.90. The van der Waals surface area contributed by atoms with Crippen molar-refractivity contribution in [1.29, 1.82) is 0 Å². The number of benzene rings is 1. The van der Waals surface area contributed by atoms with Gasteiger partial charge >= 0.3 is 0 Å². The maximum Gasteiger partial charge on any atom is 0.228 e. The largest absolute Gasteiger partial charge is 0.493 e. The van der Waals surface area contributed by atoms with E-state index in [0.29, 0.717) is 29.2 Å². The first-order valence-corrected chi connectivity index (χ1v) is 12.4. The van der Waals surface area contributed by atoms with Crippen LogP contribution in [0, 0.1) is 11.8 Å². The molecule has 8 nitrogen and oxygen atoms in total. The minimum Gasteiger partial charge on any atom is -0.493 e. The van der Waals surface area contributed by atoms with Gasteiger partial charge in [-0.05, 0) is 56.8 Å². The number of fused-ring (bicyclic) bond motifs is 1. The number of hydrogen-bond acceptors (Lipinski definition) is 6. The van der Waals surface area contributed by atoms with E-state index >= 15 is 0 Å². The summed E-state index contributed by atoms with van der Waals surface area (Å²) in [6, 6.07) is 3.83. The van der Waals surface area contributed by atoms with E-state index < -0.39 is 12.0 Å². The third-order valence-corrected chi connectivity index (χ3v) is 8.07. The van der Waals surface area contributed by atoms with Crippen LogP contribution in [0.25, 0.3) is 0 Å². The van der Waals surface area contributed by atoms with Gasteiger partial charge in [-0.3, -0.25) is 9.59 Å². The van der Waals surface area contributed by atoms with E-state index in [-0.39, 0.29) is 18.2 Å². The first-order valence-electron chi connectivity index (χ1n) is 12.4. The van der Waals surface area contributed by atoms with Gasteiger partial charge in [0, 0.05) is 38.7 Å². The lowest BCUT2D eigenvalue weighted by Gasteiger charge is -2.45. The zero-order chi connectivity index (χ0) is 24.4. The topological polar surface area (TPSA) is 71.6 Å². The zero-order valence-electron chi connectivity index (χ0n) is 21.2. The van der Waals surface area contributed by atoms with E-state index in [1.807, 2.05) is 18.0 Å². The molecule has 1 aromatic carbocycles. The van der Waals surface area contributed by atoms with Crippen LogP contribution in [-0.4, -0.2) is 87.6 Å². The van der Waals surface area contributed by atoms with Crippen molar-refractivity contribution in [1.82, 2.24) is 14.7 Å². The molecule has 4 atom stereocenters. The second-order valence-electron chi connectivity index (χ2n) is 9.90. The third kappa shape index (κ3) is 4.44. The zero-order valence-corrected chi connectivity index (χ0v) is 21.2. The van der Waals surface area contributed by atoms with Crippen LogP contribution in [0.3, 0.4) is 0 Å². The number of likely N-dealkylation sites (tertiary alicyclic amines) is 1. The lowest BCUT2D eigenvalue weighted by Crippen LogP contribution is -2.51. The molecule has 0 radical (unpaired) electrons. The summed E-state index contributed by atoms with van der Waals surface area (Å²) in [5.74, 6) is 1.52. The molecule has 1 aromatic rings. The highest BCUT2D eigenvalue weighted by atomic mass is 16.5. The second kappa shape index (κ2) is 10.4. The van der Waals surface area contributed by atoms with Crippen molar-refractivity contribution >= 4 is 11.8 Å². The van der Waals surface area contributed by atoms with Crippen molar-refractivity contribution in [3.63, 3.8) is 0 Å². The average Bonchev–Trinajstić information content (AvgIpc) is 3.16. The molecule has 0 saturated carbocycles. The van der Waals surface area contributed by atoms with Gasteiger partial charge in [-0.2, -0.15) is 0 Å². The Hall–Kier alpha value is -2.48. The molecule has 0 aliphatic carbocycles. The van der Waals surface area contributed by atoms with Crippen LogP contribution in [0.2, 0.25) is 0 Å². The fraction of sp³-hybridized carbons (Fsp3) is 0.692. The van der Waals surface area contributed by atoms with Crippen LogP contribution < -0.4 is 14.2 Å². The van der Waals surface area contributed by atoms with Crippen LogP contribution in [0.1, 0.15) is 50.1 Å². The summed E-state index contributed by atoms with van der Waals surface area (Å²) >= 11 is 0. The monoisotopic (exact) mass is 473 g/mol. The van der Waals surface area contributed by atoms with Crippen molar-refractivity contribution < 1.29 is 23.8 Å². The number of carbonyl (C=O) groups excluding carboxylic acids is 2. The van der Waals surface area contributed by atoms with Gasteiger partial charge in [0.2, 0.25) is 17.6 Å². The van der Waals surface area contributed by atoms with Crippen LogP contribution in [0.5, 0.6) is 17.2 Å². The van der Waals surface area contributed by atoms with E-state index in [2.05, 4.69) is 4.90 Å². The Morgan fingerprint density at radius 1 is 1.03 bits per heavy atom. The maximum atomic E-state index is 13.8. The molecule has 0 aromatic heterocycles. The minimum atomic E-state index is -0.472. The van der Waals surface area contributed by atoms with Gasteiger partial charge in [0.15, 0.2) is 11.5 Å². The highest BCUT2D eigenvalue weighted by Crippen LogP contribution is 2.48. The van der Waals surface area contributed by atoms with Gasteiger partial charge in [0.05, 0.1) is 33.3 Å². The molecule has 0 bridgehead atoms. The molecule has 3 heterocycles. The van der Waals surface area contributed by atoms with Gasteiger partial charge < -0.3 is 28.9 Å². The van der Waals surface area contributed by atoms with E-state index in [1.165, 1.54) is 38.8 Å². The molecule has 3 aliphatic rings. The average molecular weight is 474 g/mol. The molecule has 3 aliphatic heterocycles. The molecule has 0 spiro atoms. The Labute approximate surface area is 203 Å². The molecule has 8 heteroatoms. The van der Waals surface area contributed by atoms with Gasteiger partial charge in [-0.25, -0.2) is 0 Å². The lowest BCUT2D eigenvalue weighted by atomic mass is 9.83. The summed E-state index contributed by atoms with van der Waals surface area (Å²) < 4.78 is 16.7. The number of methoxy groups -OCH3 is 3. The number of piperidine rings is 2. The highest BCUT2D eigenvalue weighted by Gasteiger charge is 2.46. The maximum absolute atomic E-state index is 13.8. The number of carbonyl (C=O) groups is 2. The fourth-order valence-electron chi connectivity index (χ4n) is 6.39. The summed E-state index contributed by atoms with van der Waals surface area (Å²) in [7, 11) is 8.36. The van der Waals surface area contributed by atoms with E-state index in [0.717, 1.165) is 18.5 Å². The van der Waals surface area contributed by atoms with Gasteiger partial charge in [0.1, 0.15) is 0 Å². The number of rotatable bonds is 7. The van der Waals surface area contributed by atoms with Crippen molar-refractivity contribution in [3.8, 4) is 17.2 Å². The van der Waals surface area contributed by atoms with Crippen molar-refractivity contribution in [2.24, 2.45) is 11.8 Å². The predicted octanol–water partition coefficient (Wildman–Crippen LogP) is 2.95. The molecule has 188 valence electrons. The SMILES string of the molecule is COc1ccc([C@@H]2[C@@H](C(=O)N(C)C[C@@H]3CCCN4CCCC[C@H]34)CC(=O)N2C)c(OC)c1OC. The van der Waals surface area contributed by atoms with Crippen molar-refractivity contribution in [3.05, 3.63) is 17.7 Å². The summed E-state index contributed by atoms with van der Waals surface area (Å²) in [6.45, 7) is 3.11. The Morgan fingerprint density at radius 2 is 1.76 bits per heavy atom. The fourth-order valence-corrected chi connectivity index (χ4v) is 6.39. The number of nitrogens with zero attached hydrogens (tertiary/aromatic N) is 3. The molecule has 3 saturated heterocycles. The summed E-state index contributed by atoms with van der Waals surface area (Å²) in [4.78, 5) is 32.7. The normalized spacial score (nSPS) is 27.3. The first-order chi connectivity index (χ1) is 16.4. The van der Waals surface area contributed by atoms with Crippen molar-refractivity contribution in [2.75, 3.05) is 55.1 Å². The van der Waals surface area contributed by atoms with E-state index in [4.69, 9.17) is 14.2 Å². The van der Waals surface area contributed by atoms with Gasteiger partial charge in [-0.15, -0.1) is 0 Å². The molecule has 34 heavy (non-hydrogen) atoms. The van der Waals surface area contributed by atoms with Crippen LogP contribution in [0.15, 0.2) is 12.1 Å². The Bertz CT molecular complexity index is 905. The number of amides is 2. The minimum absolute atomic E-state index is 0.0208. The first kappa shape index (κ1) is 24.6. The summed E-state index contributed by atoms with van der Waals surface area (Å²) in [6.07, 6.45) is 6.33. The molecular formula is C26H39N3O5. The third-order valence-electron chi connectivity index (χ3n) is 8.07.